The maximum Gasteiger partial charge on any atom is 0.245 e. The van der Waals surface area contributed by atoms with Gasteiger partial charge in [0.15, 0.2) is 21.5 Å². The highest BCUT2D eigenvalue weighted by molar-refractivity contribution is 7.91. The lowest BCUT2D eigenvalue weighted by Gasteiger charge is -2.23. The Balaban J connectivity index is 1.59. The molecular formula is C21H26N2O4S. The molecule has 0 bridgehead atoms. The van der Waals surface area contributed by atoms with E-state index in [1.165, 1.54) is 5.56 Å². The molecule has 0 saturated heterocycles. The molecule has 3 rings (SSSR count). The Morgan fingerprint density at radius 2 is 1.82 bits per heavy atom. The van der Waals surface area contributed by atoms with E-state index in [1.807, 2.05) is 6.07 Å². The monoisotopic (exact) mass is 402 g/mol. The summed E-state index contributed by atoms with van der Waals surface area (Å²) in [6.07, 6.45) is 7.41. The summed E-state index contributed by atoms with van der Waals surface area (Å²) in [5.41, 5.74) is 2.23. The van der Waals surface area contributed by atoms with Crippen LogP contribution in [0.25, 0.3) is 0 Å². The molecule has 6 nitrogen and oxygen atoms in total. The topological polar surface area (TPSA) is 104 Å². The van der Waals surface area contributed by atoms with Gasteiger partial charge in [0.25, 0.3) is 0 Å². The van der Waals surface area contributed by atoms with Gasteiger partial charge in [0.2, 0.25) is 5.91 Å². The van der Waals surface area contributed by atoms with Crippen LogP contribution in [0.5, 0.6) is 0 Å². The quantitative estimate of drug-likeness (QED) is 0.706. The second kappa shape index (κ2) is 8.87. The molecule has 2 aliphatic carbocycles. The molecule has 1 atom stereocenters. The second-order valence-electron chi connectivity index (χ2n) is 7.72. The van der Waals surface area contributed by atoms with E-state index in [0.29, 0.717) is 0 Å². The van der Waals surface area contributed by atoms with Crippen molar-refractivity contribution < 1.29 is 18.0 Å². The lowest BCUT2D eigenvalue weighted by molar-refractivity contribution is -0.132. The van der Waals surface area contributed by atoms with E-state index in [-0.39, 0.29) is 23.1 Å². The molecule has 1 saturated carbocycles. The van der Waals surface area contributed by atoms with E-state index >= 15 is 0 Å². The molecule has 1 amide bonds. The average molecular weight is 403 g/mol. The molecule has 0 radical (unpaired) electrons. The Labute approximate surface area is 166 Å². The van der Waals surface area contributed by atoms with Gasteiger partial charge in [0.1, 0.15) is 0 Å². The largest absolute Gasteiger partial charge is 0.352 e. The van der Waals surface area contributed by atoms with Crippen LogP contribution in [0.15, 0.2) is 23.1 Å². The minimum Gasteiger partial charge on any atom is -0.352 e. The van der Waals surface area contributed by atoms with Gasteiger partial charge in [-0.25, -0.2) is 8.42 Å². The van der Waals surface area contributed by atoms with Crippen LogP contribution in [0, 0.1) is 17.2 Å². The van der Waals surface area contributed by atoms with Crippen LogP contribution in [0.4, 0.5) is 0 Å². The first-order valence-corrected chi connectivity index (χ1v) is 11.6. The molecule has 1 fully saturated rings. The molecule has 1 aromatic carbocycles. The van der Waals surface area contributed by atoms with Gasteiger partial charge in [0, 0.05) is 12.5 Å². The molecule has 0 aromatic heterocycles. The zero-order chi connectivity index (χ0) is 20.1. The van der Waals surface area contributed by atoms with Crippen LogP contribution in [0.3, 0.4) is 0 Å². The van der Waals surface area contributed by atoms with Crippen molar-refractivity contribution in [2.75, 3.05) is 5.75 Å². The highest BCUT2D eigenvalue weighted by atomic mass is 32.2. The summed E-state index contributed by atoms with van der Waals surface area (Å²) in [5.74, 6) is -3.08. The van der Waals surface area contributed by atoms with E-state index in [1.54, 1.807) is 18.2 Å². The van der Waals surface area contributed by atoms with Crippen molar-refractivity contribution in [1.82, 2.24) is 5.32 Å². The Bertz CT molecular complexity index is 895. The fraction of sp³-hybridized carbons (Fsp3) is 0.571. The van der Waals surface area contributed by atoms with Gasteiger partial charge in [-0.1, -0.05) is 25.3 Å². The van der Waals surface area contributed by atoms with Gasteiger partial charge in [0.05, 0.1) is 16.7 Å². The van der Waals surface area contributed by atoms with E-state index in [9.17, 15) is 23.3 Å². The number of amides is 1. The van der Waals surface area contributed by atoms with Crippen LogP contribution < -0.4 is 5.32 Å². The molecule has 150 valence electrons. The number of Topliss-reactive ketones (excluding diaryl/α,β-unsaturated/α-hetero) is 1. The van der Waals surface area contributed by atoms with Gasteiger partial charge in [-0.05, 0) is 55.4 Å². The van der Waals surface area contributed by atoms with Crippen molar-refractivity contribution in [2.24, 2.45) is 5.92 Å². The normalized spacial score (nSPS) is 18.1. The minimum absolute atomic E-state index is 0.0000430. The van der Waals surface area contributed by atoms with Crippen molar-refractivity contribution in [3.05, 3.63) is 29.3 Å². The van der Waals surface area contributed by atoms with E-state index < -0.39 is 27.4 Å². The molecule has 7 heteroatoms. The maximum atomic E-state index is 12.6. The first-order chi connectivity index (χ1) is 13.4. The van der Waals surface area contributed by atoms with Crippen LogP contribution in [-0.4, -0.2) is 31.9 Å². The van der Waals surface area contributed by atoms with Gasteiger partial charge in [-0.15, -0.1) is 0 Å². The second-order valence-corrected chi connectivity index (χ2v) is 9.83. The number of carbonyl (C=O) groups excluding carboxylic acids is 2. The molecule has 28 heavy (non-hydrogen) atoms. The van der Waals surface area contributed by atoms with Crippen molar-refractivity contribution in [1.29, 1.82) is 5.26 Å². The van der Waals surface area contributed by atoms with Crippen molar-refractivity contribution in [3.63, 3.8) is 0 Å². The number of rotatable bonds is 7. The SMILES string of the molecule is N#CC(C(=O)CCS(=O)(=O)c1ccc2c(c1)CCC2)C(=O)NC1CCCCC1. The van der Waals surface area contributed by atoms with Gasteiger partial charge >= 0.3 is 0 Å². The molecule has 0 aliphatic heterocycles. The molecule has 2 aliphatic rings. The molecule has 0 heterocycles. The molecule has 0 spiro atoms. The third kappa shape index (κ3) is 4.79. The van der Waals surface area contributed by atoms with Crippen LogP contribution in [0.1, 0.15) is 56.1 Å². The summed E-state index contributed by atoms with van der Waals surface area (Å²) in [4.78, 5) is 24.9. The number of nitrogens with zero attached hydrogens (tertiary/aromatic N) is 1. The Kier molecular flexibility index (Phi) is 6.50. The number of hydrogen-bond donors (Lipinski definition) is 1. The van der Waals surface area contributed by atoms with Crippen molar-refractivity contribution >= 4 is 21.5 Å². The summed E-state index contributed by atoms with van der Waals surface area (Å²) in [6, 6.07) is 6.86. The Hall–Kier alpha value is -2.20. The van der Waals surface area contributed by atoms with Crippen molar-refractivity contribution in [3.8, 4) is 6.07 Å². The summed E-state index contributed by atoms with van der Waals surface area (Å²) < 4.78 is 25.2. The standard InChI is InChI=1S/C21H26N2O4S/c22-14-19(21(25)23-17-7-2-1-3-8-17)20(24)11-12-28(26,27)18-10-9-15-5-4-6-16(15)13-18/h9-10,13,17,19H,1-8,11-12H2,(H,23,25). The molecule has 1 N–H and O–H groups in total. The number of carbonyl (C=O) groups is 2. The van der Waals surface area contributed by atoms with Gasteiger partial charge in [-0.3, -0.25) is 9.59 Å². The zero-order valence-corrected chi connectivity index (χ0v) is 16.8. The maximum absolute atomic E-state index is 12.6. The number of benzene rings is 1. The van der Waals surface area contributed by atoms with Crippen LogP contribution in [0.2, 0.25) is 0 Å². The van der Waals surface area contributed by atoms with Gasteiger partial charge in [-0.2, -0.15) is 5.26 Å². The fourth-order valence-electron chi connectivity index (χ4n) is 4.05. The lowest BCUT2D eigenvalue weighted by Crippen LogP contribution is -2.42. The summed E-state index contributed by atoms with van der Waals surface area (Å²) in [5, 5.41) is 12.0. The van der Waals surface area contributed by atoms with Crippen LogP contribution in [-0.2, 0) is 32.3 Å². The molecule has 1 unspecified atom stereocenters. The van der Waals surface area contributed by atoms with Gasteiger partial charge < -0.3 is 5.32 Å². The number of nitrogens with one attached hydrogen (secondary N) is 1. The summed E-state index contributed by atoms with van der Waals surface area (Å²) >= 11 is 0. The lowest BCUT2D eigenvalue weighted by atomic mass is 9.94. The highest BCUT2D eigenvalue weighted by Gasteiger charge is 2.30. The number of sulfone groups is 1. The number of hydrogen-bond acceptors (Lipinski definition) is 5. The fourth-order valence-corrected chi connectivity index (χ4v) is 5.35. The Morgan fingerprint density at radius 1 is 1.11 bits per heavy atom. The van der Waals surface area contributed by atoms with E-state index in [0.717, 1.165) is 56.9 Å². The average Bonchev–Trinajstić information content (AvgIpc) is 3.15. The number of nitriles is 1. The third-order valence-electron chi connectivity index (χ3n) is 5.71. The van der Waals surface area contributed by atoms with E-state index in [2.05, 4.69) is 5.32 Å². The summed E-state index contributed by atoms with van der Waals surface area (Å²) in [7, 11) is -3.63. The first-order valence-electron chi connectivity index (χ1n) is 9.98. The third-order valence-corrected chi connectivity index (χ3v) is 7.42. The number of fused-ring (bicyclic) bond motifs is 1. The molecular weight excluding hydrogens is 376 g/mol. The minimum atomic E-state index is -3.63. The Morgan fingerprint density at radius 3 is 2.54 bits per heavy atom. The zero-order valence-electron chi connectivity index (χ0n) is 15.9. The van der Waals surface area contributed by atoms with Crippen molar-refractivity contribution in [2.45, 2.75) is 68.7 Å². The predicted octanol–water partition coefficient (Wildman–Crippen LogP) is 2.50. The predicted molar refractivity (Wildman–Crippen MR) is 104 cm³/mol. The number of aryl methyl sites for hydroxylation is 2. The first kappa shape index (κ1) is 20.5. The number of ketones is 1. The summed E-state index contributed by atoms with van der Waals surface area (Å²) in [6.45, 7) is 0. The molecule has 1 aromatic rings. The smallest absolute Gasteiger partial charge is 0.245 e. The van der Waals surface area contributed by atoms with Crippen LogP contribution >= 0.6 is 0 Å². The highest BCUT2D eigenvalue weighted by Crippen LogP contribution is 2.25. The van der Waals surface area contributed by atoms with E-state index in [4.69, 9.17) is 0 Å².